The van der Waals surface area contributed by atoms with Crippen molar-refractivity contribution in [2.24, 2.45) is 5.73 Å². The van der Waals surface area contributed by atoms with Crippen LogP contribution in [0.2, 0.25) is 5.02 Å². The van der Waals surface area contributed by atoms with Gasteiger partial charge in [-0.3, -0.25) is 4.79 Å². The summed E-state index contributed by atoms with van der Waals surface area (Å²) in [5.74, 6) is -0.0504. The standard InChI is InChI=1S/C12H14BrClN2O/c13-9-3-2-8(6-10(9)14)16-11(17)7-12(15)4-1-5-12/h2-3,6H,1,4-5,7,15H2,(H,16,17). The molecule has 0 saturated heterocycles. The van der Waals surface area contributed by atoms with Gasteiger partial charge < -0.3 is 11.1 Å². The Kier molecular flexibility index (Phi) is 3.76. The molecule has 3 nitrogen and oxygen atoms in total. The van der Waals surface area contributed by atoms with E-state index < -0.39 is 0 Å². The first kappa shape index (κ1) is 12.9. The average Bonchev–Trinajstić information content (AvgIpc) is 2.21. The highest BCUT2D eigenvalue weighted by Gasteiger charge is 2.34. The molecule has 92 valence electrons. The summed E-state index contributed by atoms with van der Waals surface area (Å²) in [6.07, 6.45) is 3.36. The molecular weight excluding hydrogens is 304 g/mol. The molecular formula is C12H14BrClN2O. The van der Waals surface area contributed by atoms with Gasteiger partial charge in [-0.1, -0.05) is 11.6 Å². The topological polar surface area (TPSA) is 55.1 Å². The number of nitrogens with one attached hydrogen (secondary N) is 1. The summed E-state index contributed by atoms with van der Waals surface area (Å²) >= 11 is 9.25. The minimum absolute atomic E-state index is 0.0504. The second kappa shape index (κ2) is 4.96. The average molecular weight is 318 g/mol. The molecule has 1 fully saturated rings. The van der Waals surface area contributed by atoms with Crippen LogP contribution in [0.15, 0.2) is 22.7 Å². The van der Waals surface area contributed by atoms with Crippen molar-refractivity contribution in [3.63, 3.8) is 0 Å². The van der Waals surface area contributed by atoms with Crippen LogP contribution >= 0.6 is 27.5 Å². The van der Waals surface area contributed by atoms with Crippen molar-refractivity contribution in [3.8, 4) is 0 Å². The number of hydrogen-bond donors (Lipinski definition) is 2. The van der Waals surface area contributed by atoms with E-state index in [0.29, 0.717) is 17.1 Å². The third-order valence-corrected chi connectivity index (χ3v) is 4.30. The Hall–Kier alpha value is -0.580. The highest BCUT2D eigenvalue weighted by Crippen LogP contribution is 2.32. The van der Waals surface area contributed by atoms with Crippen LogP contribution in [0.5, 0.6) is 0 Å². The molecule has 1 aliphatic carbocycles. The molecule has 3 N–H and O–H groups in total. The number of hydrogen-bond acceptors (Lipinski definition) is 2. The van der Waals surface area contributed by atoms with Gasteiger partial charge >= 0.3 is 0 Å². The number of carbonyl (C=O) groups is 1. The Balaban J connectivity index is 1.95. The Morgan fingerprint density at radius 2 is 2.24 bits per heavy atom. The lowest BCUT2D eigenvalue weighted by Gasteiger charge is -2.37. The van der Waals surface area contributed by atoms with Crippen molar-refractivity contribution >= 4 is 39.1 Å². The normalized spacial score (nSPS) is 17.4. The molecule has 0 unspecified atom stereocenters. The maximum Gasteiger partial charge on any atom is 0.226 e. The molecule has 0 bridgehead atoms. The molecule has 1 aliphatic rings. The van der Waals surface area contributed by atoms with Gasteiger partial charge in [-0.25, -0.2) is 0 Å². The Labute approximate surface area is 114 Å². The SMILES string of the molecule is NC1(CC(=O)Nc2ccc(Br)c(Cl)c2)CCC1. The number of carbonyl (C=O) groups excluding carboxylic acids is 1. The van der Waals surface area contributed by atoms with Gasteiger partial charge in [0.25, 0.3) is 0 Å². The first-order valence-corrected chi connectivity index (χ1v) is 6.69. The molecule has 1 amide bonds. The quantitative estimate of drug-likeness (QED) is 0.898. The second-order valence-electron chi connectivity index (χ2n) is 4.57. The van der Waals surface area contributed by atoms with E-state index in [2.05, 4.69) is 21.2 Å². The van der Waals surface area contributed by atoms with Gasteiger partial charge in [0.2, 0.25) is 5.91 Å². The predicted octanol–water partition coefficient (Wildman–Crippen LogP) is 3.31. The van der Waals surface area contributed by atoms with Gasteiger partial charge in [0.15, 0.2) is 0 Å². The summed E-state index contributed by atoms with van der Waals surface area (Å²) in [5, 5.41) is 3.39. The maximum atomic E-state index is 11.8. The summed E-state index contributed by atoms with van der Waals surface area (Å²) in [4.78, 5) is 11.8. The van der Waals surface area contributed by atoms with E-state index in [1.165, 1.54) is 0 Å². The van der Waals surface area contributed by atoms with Gasteiger partial charge in [-0.05, 0) is 53.4 Å². The zero-order chi connectivity index (χ0) is 12.5. The van der Waals surface area contributed by atoms with Gasteiger partial charge in [0.1, 0.15) is 0 Å². The lowest BCUT2D eigenvalue weighted by Crippen LogP contribution is -2.48. The number of benzene rings is 1. The van der Waals surface area contributed by atoms with E-state index in [1.807, 2.05) is 0 Å². The molecule has 17 heavy (non-hydrogen) atoms. The number of nitrogens with two attached hydrogens (primary N) is 1. The molecule has 5 heteroatoms. The molecule has 1 saturated carbocycles. The lowest BCUT2D eigenvalue weighted by molar-refractivity contribution is -0.118. The maximum absolute atomic E-state index is 11.8. The highest BCUT2D eigenvalue weighted by molar-refractivity contribution is 9.10. The van der Waals surface area contributed by atoms with Crippen LogP contribution in [0.3, 0.4) is 0 Å². The molecule has 1 aromatic rings. The van der Waals surface area contributed by atoms with E-state index in [0.717, 1.165) is 23.7 Å². The van der Waals surface area contributed by atoms with Crippen molar-refractivity contribution in [3.05, 3.63) is 27.7 Å². The van der Waals surface area contributed by atoms with Crippen LogP contribution in [0, 0.1) is 0 Å². The van der Waals surface area contributed by atoms with Crippen LogP contribution in [0.1, 0.15) is 25.7 Å². The minimum Gasteiger partial charge on any atom is -0.326 e. The third-order valence-electron chi connectivity index (χ3n) is 3.07. The number of halogens is 2. The molecule has 0 aliphatic heterocycles. The summed E-state index contributed by atoms with van der Waals surface area (Å²) in [5.41, 5.74) is 6.43. The van der Waals surface area contributed by atoms with Gasteiger partial charge in [-0.15, -0.1) is 0 Å². The van der Waals surface area contributed by atoms with Crippen LogP contribution in [0.25, 0.3) is 0 Å². The summed E-state index contributed by atoms with van der Waals surface area (Å²) in [6, 6.07) is 5.32. The Morgan fingerprint density at radius 3 is 2.76 bits per heavy atom. The third kappa shape index (κ3) is 3.21. The number of rotatable bonds is 3. The predicted molar refractivity (Wildman–Crippen MR) is 73.2 cm³/mol. The van der Waals surface area contributed by atoms with Crippen molar-refractivity contribution in [1.29, 1.82) is 0 Å². The summed E-state index contributed by atoms with van der Waals surface area (Å²) in [6.45, 7) is 0. The summed E-state index contributed by atoms with van der Waals surface area (Å²) in [7, 11) is 0. The fraction of sp³-hybridized carbons (Fsp3) is 0.417. The van der Waals surface area contributed by atoms with Gasteiger partial charge in [0, 0.05) is 22.1 Å². The van der Waals surface area contributed by atoms with Gasteiger partial charge in [-0.2, -0.15) is 0 Å². The van der Waals surface area contributed by atoms with Crippen LogP contribution < -0.4 is 11.1 Å². The van der Waals surface area contributed by atoms with Crippen LogP contribution in [-0.4, -0.2) is 11.4 Å². The molecule has 0 aromatic heterocycles. The monoisotopic (exact) mass is 316 g/mol. The zero-order valence-electron chi connectivity index (χ0n) is 9.30. The first-order chi connectivity index (χ1) is 7.98. The zero-order valence-corrected chi connectivity index (χ0v) is 11.6. The molecule has 0 spiro atoms. The van der Waals surface area contributed by atoms with Crippen molar-refractivity contribution in [1.82, 2.24) is 0 Å². The molecule has 0 atom stereocenters. The van der Waals surface area contributed by atoms with Crippen LogP contribution in [0.4, 0.5) is 5.69 Å². The fourth-order valence-corrected chi connectivity index (χ4v) is 2.33. The van der Waals surface area contributed by atoms with E-state index in [9.17, 15) is 4.79 Å². The van der Waals surface area contributed by atoms with E-state index in [4.69, 9.17) is 17.3 Å². The van der Waals surface area contributed by atoms with Crippen molar-refractivity contribution in [2.75, 3.05) is 5.32 Å². The van der Waals surface area contributed by atoms with E-state index in [-0.39, 0.29) is 11.4 Å². The molecule has 1 aromatic carbocycles. The largest absolute Gasteiger partial charge is 0.326 e. The Bertz CT molecular complexity index is 446. The van der Waals surface area contributed by atoms with Crippen LogP contribution in [-0.2, 0) is 4.79 Å². The summed E-state index contributed by atoms with van der Waals surface area (Å²) < 4.78 is 0.812. The molecule has 0 heterocycles. The van der Waals surface area contributed by atoms with Gasteiger partial charge in [0.05, 0.1) is 5.02 Å². The first-order valence-electron chi connectivity index (χ1n) is 5.52. The molecule has 2 rings (SSSR count). The van der Waals surface area contributed by atoms with Crippen molar-refractivity contribution in [2.45, 2.75) is 31.2 Å². The van der Waals surface area contributed by atoms with E-state index >= 15 is 0 Å². The minimum atomic E-state index is -0.288. The Morgan fingerprint density at radius 1 is 1.53 bits per heavy atom. The number of amides is 1. The second-order valence-corrected chi connectivity index (χ2v) is 5.83. The fourth-order valence-electron chi connectivity index (χ4n) is 1.91. The smallest absolute Gasteiger partial charge is 0.226 e. The highest BCUT2D eigenvalue weighted by atomic mass is 79.9. The number of anilines is 1. The molecule has 0 radical (unpaired) electrons. The van der Waals surface area contributed by atoms with Crippen molar-refractivity contribution < 1.29 is 4.79 Å². The lowest BCUT2D eigenvalue weighted by atomic mass is 9.75. The van der Waals surface area contributed by atoms with E-state index in [1.54, 1.807) is 18.2 Å².